The molecule has 19 heavy (non-hydrogen) atoms. The average Bonchev–Trinajstić information content (AvgIpc) is 2.27. The topological polar surface area (TPSA) is 35.6 Å². The van der Waals surface area contributed by atoms with Gasteiger partial charge in [-0.3, -0.25) is 9.69 Å². The fourth-order valence-electron chi connectivity index (χ4n) is 2.50. The van der Waals surface area contributed by atoms with E-state index in [4.69, 9.17) is 0 Å². The van der Waals surface area contributed by atoms with Crippen LogP contribution >= 0.6 is 0 Å². The van der Waals surface area contributed by atoms with E-state index in [2.05, 4.69) is 35.9 Å². The maximum Gasteiger partial charge on any atom is 0.220 e. The van der Waals surface area contributed by atoms with Crippen LogP contribution in [0.1, 0.15) is 47.5 Å². The number of hydrogen-bond acceptors (Lipinski definition) is 3. The van der Waals surface area contributed by atoms with Crippen molar-refractivity contribution < 1.29 is 4.79 Å². The predicted molar refractivity (Wildman–Crippen MR) is 80.3 cm³/mol. The van der Waals surface area contributed by atoms with Gasteiger partial charge < -0.3 is 10.2 Å². The van der Waals surface area contributed by atoms with Crippen LogP contribution in [0.25, 0.3) is 0 Å². The maximum atomic E-state index is 11.5. The number of piperazine rings is 1. The summed E-state index contributed by atoms with van der Waals surface area (Å²) in [7, 11) is 0. The second-order valence-corrected chi connectivity index (χ2v) is 6.83. The molecule has 1 N–H and O–H groups in total. The Kier molecular flexibility index (Phi) is 6.27. The summed E-state index contributed by atoms with van der Waals surface area (Å²) in [5.74, 6) is 0.184. The van der Waals surface area contributed by atoms with Crippen LogP contribution in [0.2, 0.25) is 0 Å². The molecule has 4 heteroatoms. The van der Waals surface area contributed by atoms with E-state index in [0.717, 1.165) is 39.1 Å². The van der Waals surface area contributed by atoms with E-state index >= 15 is 0 Å². The van der Waals surface area contributed by atoms with Gasteiger partial charge in [-0.2, -0.15) is 0 Å². The first-order chi connectivity index (χ1) is 8.79. The molecule has 0 bridgehead atoms. The first-order valence-corrected chi connectivity index (χ1v) is 7.56. The van der Waals surface area contributed by atoms with Gasteiger partial charge in [-0.15, -0.1) is 0 Å². The Balaban J connectivity index is 2.15. The third-order valence-electron chi connectivity index (χ3n) is 3.65. The van der Waals surface area contributed by atoms with Crippen LogP contribution in [0, 0.1) is 0 Å². The summed E-state index contributed by atoms with van der Waals surface area (Å²) in [5, 5.41) is 2.94. The number of hydrogen-bond donors (Lipinski definition) is 1. The highest BCUT2D eigenvalue weighted by Gasteiger charge is 2.25. The summed E-state index contributed by atoms with van der Waals surface area (Å²) in [4.78, 5) is 16.6. The van der Waals surface area contributed by atoms with Gasteiger partial charge in [0.25, 0.3) is 0 Å². The summed E-state index contributed by atoms with van der Waals surface area (Å²) in [6, 6.07) is 0.253. The van der Waals surface area contributed by atoms with E-state index in [1.54, 1.807) is 0 Å². The van der Waals surface area contributed by atoms with E-state index in [9.17, 15) is 4.79 Å². The van der Waals surface area contributed by atoms with Gasteiger partial charge in [0.05, 0.1) is 0 Å². The lowest BCUT2D eigenvalue weighted by Crippen LogP contribution is -2.53. The molecule has 0 aromatic rings. The van der Waals surface area contributed by atoms with Crippen LogP contribution in [0.4, 0.5) is 0 Å². The van der Waals surface area contributed by atoms with Crippen molar-refractivity contribution in [2.45, 2.75) is 59.0 Å². The molecule has 0 saturated carbocycles. The van der Waals surface area contributed by atoms with Crippen molar-refractivity contribution in [1.29, 1.82) is 0 Å². The van der Waals surface area contributed by atoms with Crippen molar-refractivity contribution in [1.82, 2.24) is 15.1 Å². The van der Waals surface area contributed by atoms with Gasteiger partial charge >= 0.3 is 0 Å². The molecular formula is C15H31N3O. The predicted octanol–water partition coefficient (Wildman–Crippen LogP) is 1.71. The van der Waals surface area contributed by atoms with Crippen molar-refractivity contribution in [3.8, 4) is 0 Å². The quantitative estimate of drug-likeness (QED) is 0.825. The number of rotatable bonds is 5. The summed E-state index contributed by atoms with van der Waals surface area (Å²) in [6.45, 7) is 16.4. The number of carbonyl (C=O) groups is 1. The van der Waals surface area contributed by atoms with E-state index in [-0.39, 0.29) is 17.5 Å². The minimum absolute atomic E-state index is 0.184. The Hall–Kier alpha value is -0.610. The highest BCUT2D eigenvalue weighted by molar-refractivity contribution is 5.76. The molecule has 0 radical (unpaired) electrons. The van der Waals surface area contributed by atoms with E-state index < -0.39 is 0 Å². The van der Waals surface area contributed by atoms with E-state index in [0.29, 0.717) is 6.42 Å². The van der Waals surface area contributed by atoms with Crippen molar-refractivity contribution >= 4 is 5.91 Å². The van der Waals surface area contributed by atoms with Gasteiger partial charge in [0.1, 0.15) is 0 Å². The fraction of sp³-hybridized carbons (Fsp3) is 0.933. The molecule has 0 spiro atoms. The third kappa shape index (κ3) is 6.39. The van der Waals surface area contributed by atoms with Gasteiger partial charge in [-0.05, 0) is 47.6 Å². The summed E-state index contributed by atoms with van der Waals surface area (Å²) >= 11 is 0. The van der Waals surface area contributed by atoms with Gasteiger partial charge in [-0.1, -0.05) is 0 Å². The van der Waals surface area contributed by atoms with E-state index in [1.807, 2.05) is 13.8 Å². The van der Waals surface area contributed by atoms with Crippen LogP contribution < -0.4 is 5.32 Å². The second-order valence-electron chi connectivity index (χ2n) is 6.83. The van der Waals surface area contributed by atoms with Crippen LogP contribution in [-0.4, -0.2) is 60.0 Å². The molecule has 0 aromatic carbocycles. The molecule has 1 rings (SSSR count). The summed E-state index contributed by atoms with van der Waals surface area (Å²) in [6.07, 6.45) is 1.62. The molecule has 1 aliphatic heterocycles. The molecule has 1 amide bonds. The van der Waals surface area contributed by atoms with Crippen LogP contribution in [0.3, 0.4) is 0 Å². The molecule has 0 aromatic heterocycles. The highest BCUT2D eigenvalue weighted by Crippen LogP contribution is 2.15. The Bertz CT molecular complexity index is 276. The SMILES string of the molecule is CC(C)NC(=O)CCCN1CCN(C(C)(C)C)CC1. The Morgan fingerprint density at radius 3 is 2.21 bits per heavy atom. The largest absolute Gasteiger partial charge is 0.354 e. The fourth-order valence-corrected chi connectivity index (χ4v) is 2.50. The molecule has 1 fully saturated rings. The molecule has 1 aliphatic rings. The van der Waals surface area contributed by atoms with Crippen molar-refractivity contribution in [3.05, 3.63) is 0 Å². The monoisotopic (exact) mass is 269 g/mol. The molecule has 0 unspecified atom stereocenters. The number of nitrogens with zero attached hydrogens (tertiary/aromatic N) is 2. The van der Waals surface area contributed by atoms with Gasteiger partial charge in [0.2, 0.25) is 5.91 Å². The number of carbonyl (C=O) groups excluding carboxylic acids is 1. The van der Waals surface area contributed by atoms with Gasteiger partial charge in [-0.25, -0.2) is 0 Å². The Morgan fingerprint density at radius 2 is 1.74 bits per heavy atom. The summed E-state index contributed by atoms with van der Waals surface area (Å²) in [5.41, 5.74) is 0.281. The lowest BCUT2D eigenvalue weighted by Gasteiger charge is -2.42. The third-order valence-corrected chi connectivity index (χ3v) is 3.65. The summed E-state index contributed by atoms with van der Waals surface area (Å²) < 4.78 is 0. The first-order valence-electron chi connectivity index (χ1n) is 7.56. The zero-order valence-electron chi connectivity index (χ0n) is 13.3. The zero-order valence-corrected chi connectivity index (χ0v) is 13.3. The number of amides is 1. The number of nitrogens with one attached hydrogen (secondary N) is 1. The normalized spacial score (nSPS) is 18.8. The second kappa shape index (κ2) is 7.25. The van der Waals surface area contributed by atoms with Crippen molar-refractivity contribution in [3.63, 3.8) is 0 Å². The first kappa shape index (κ1) is 16.4. The standard InChI is InChI=1S/C15H31N3O/c1-13(2)16-14(19)7-6-8-17-9-11-18(12-10-17)15(3,4)5/h13H,6-12H2,1-5H3,(H,16,19). The average molecular weight is 269 g/mol. The maximum absolute atomic E-state index is 11.5. The lowest BCUT2D eigenvalue weighted by molar-refractivity contribution is -0.121. The molecule has 112 valence electrons. The van der Waals surface area contributed by atoms with Crippen molar-refractivity contribution in [2.75, 3.05) is 32.7 Å². The highest BCUT2D eigenvalue weighted by atomic mass is 16.1. The molecular weight excluding hydrogens is 238 g/mol. The van der Waals surface area contributed by atoms with Crippen LogP contribution in [0.5, 0.6) is 0 Å². The molecule has 1 saturated heterocycles. The Morgan fingerprint density at radius 1 is 1.16 bits per heavy atom. The lowest BCUT2D eigenvalue weighted by atomic mass is 10.0. The molecule has 0 atom stereocenters. The van der Waals surface area contributed by atoms with Crippen LogP contribution in [-0.2, 0) is 4.79 Å². The Labute approximate surface area is 118 Å². The van der Waals surface area contributed by atoms with Gasteiger partial charge in [0.15, 0.2) is 0 Å². The minimum Gasteiger partial charge on any atom is -0.354 e. The van der Waals surface area contributed by atoms with Crippen LogP contribution in [0.15, 0.2) is 0 Å². The molecule has 4 nitrogen and oxygen atoms in total. The smallest absolute Gasteiger partial charge is 0.220 e. The zero-order chi connectivity index (χ0) is 14.5. The molecule has 1 heterocycles. The van der Waals surface area contributed by atoms with E-state index in [1.165, 1.54) is 0 Å². The van der Waals surface area contributed by atoms with Crippen molar-refractivity contribution in [2.24, 2.45) is 0 Å². The molecule has 0 aliphatic carbocycles. The van der Waals surface area contributed by atoms with Gasteiger partial charge in [0, 0.05) is 44.2 Å². The minimum atomic E-state index is 0.184.